The highest BCUT2D eigenvalue weighted by atomic mass is 16.1. The molecule has 0 atom stereocenters. The average molecular weight is 278 g/mol. The summed E-state index contributed by atoms with van der Waals surface area (Å²) in [6.07, 6.45) is 0. The predicted octanol–water partition coefficient (Wildman–Crippen LogP) is 3.76. The van der Waals surface area contributed by atoms with Gasteiger partial charge in [0.2, 0.25) is 0 Å². The minimum atomic E-state index is -0.0490. The molecule has 2 aromatic carbocycles. The first-order valence-corrected chi connectivity index (χ1v) is 7.02. The van der Waals surface area contributed by atoms with Gasteiger partial charge in [-0.1, -0.05) is 42.0 Å². The Morgan fingerprint density at radius 3 is 2.29 bits per heavy atom. The number of benzene rings is 2. The fourth-order valence-corrected chi connectivity index (χ4v) is 2.53. The number of aryl methyl sites for hydroxylation is 2. The summed E-state index contributed by atoms with van der Waals surface area (Å²) in [6, 6.07) is 16.3. The van der Waals surface area contributed by atoms with Gasteiger partial charge in [-0.2, -0.15) is 0 Å². The van der Waals surface area contributed by atoms with Crippen LogP contribution in [0.15, 0.2) is 53.3 Å². The molecule has 0 aliphatic rings. The van der Waals surface area contributed by atoms with E-state index in [1.54, 1.807) is 0 Å². The first-order valence-electron chi connectivity index (χ1n) is 7.02. The standard InChI is InChI=1S/C18H18N2O/c1-12-7-9-15(10-8-12)17-14(3)18(21)19-20(17)16-6-4-5-13(2)11-16/h4-11H,1-3H3,(H,19,21). The van der Waals surface area contributed by atoms with Gasteiger partial charge in [-0.3, -0.25) is 14.6 Å². The lowest BCUT2D eigenvalue weighted by atomic mass is 10.1. The molecule has 0 saturated carbocycles. The lowest BCUT2D eigenvalue weighted by molar-refractivity contribution is 0.869. The highest BCUT2D eigenvalue weighted by Gasteiger charge is 2.14. The topological polar surface area (TPSA) is 37.8 Å². The third-order valence-electron chi connectivity index (χ3n) is 3.72. The molecule has 0 aliphatic heterocycles. The molecule has 0 bridgehead atoms. The molecule has 3 rings (SSSR count). The van der Waals surface area contributed by atoms with Crippen molar-refractivity contribution in [2.24, 2.45) is 0 Å². The lowest BCUT2D eigenvalue weighted by Gasteiger charge is -2.10. The molecule has 3 heteroatoms. The molecule has 0 spiro atoms. The van der Waals surface area contributed by atoms with Crippen molar-refractivity contribution in [3.63, 3.8) is 0 Å². The minimum Gasteiger partial charge on any atom is -0.268 e. The van der Waals surface area contributed by atoms with Crippen LogP contribution in [0.25, 0.3) is 16.9 Å². The van der Waals surface area contributed by atoms with E-state index in [0.29, 0.717) is 0 Å². The molecule has 0 radical (unpaired) electrons. The minimum absolute atomic E-state index is 0.0490. The van der Waals surface area contributed by atoms with E-state index in [9.17, 15) is 4.79 Å². The zero-order chi connectivity index (χ0) is 15.0. The Balaban J connectivity index is 2.25. The summed E-state index contributed by atoms with van der Waals surface area (Å²) in [5.74, 6) is 0. The maximum absolute atomic E-state index is 12.1. The quantitative estimate of drug-likeness (QED) is 0.761. The summed E-state index contributed by atoms with van der Waals surface area (Å²) < 4.78 is 1.87. The maximum Gasteiger partial charge on any atom is 0.267 e. The molecule has 1 N–H and O–H groups in total. The van der Waals surface area contributed by atoms with Crippen molar-refractivity contribution in [2.45, 2.75) is 20.8 Å². The van der Waals surface area contributed by atoms with Crippen LogP contribution in [-0.4, -0.2) is 9.78 Å². The molecule has 0 amide bonds. The van der Waals surface area contributed by atoms with E-state index in [-0.39, 0.29) is 5.56 Å². The average Bonchev–Trinajstić information content (AvgIpc) is 2.76. The smallest absolute Gasteiger partial charge is 0.267 e. The van der Waals surface area contributed by atoms with Crippen LogP contribution in [0.5, 0.6) is 0 Å². The molecule has 21 heavy (non-hydrogen) atoms. The fraction of sp³-hybridized carbons (Fsp3) is 0.167. The maximum atomic E-state index is 12.1. The van der Waals surface area contributed by atoms with Gasteiger partial charge in [0.1, 0.15) is 0 Å². The number of aromatic nitrogens is 2. The number of nitrogens with one attached hydrogen (secondary N) is 1. The van der Waals surface area contributed by atoms with E-state index in [1.807, 2.05) is 36.7 Å². The van der Waals surface area contributed by atoms with Crippen LogP contribution in [0.3, 0.4) is 0 Å². The van der Waals surface area contributed by atoms with Gasteiger partial charge in [0.15, 0.2) is 0 Å². The first kappa shape index (κ1) is 13.4. The van der Waals surface area contributed by atoms with Gasteiger partial charge in [0.05, 0.1) is 11.4 Å². The van der Waals surface area contributed by atoms with Crippen molar-refractivity contribution >= 4 is 0 Å². The van der Waals surface area contributed by atoms with Crippen LogP contribution in [0.4, 0.5) is 0 Å². The van der Waals surface area contributed by atoms with Crippen molar-refractivity contribution in [1.82, 2.24) is 9.78 Å². The molecule has 0 saturated heterocycles. The van der Waals surface area contributed by atoms with Gasteiger partial charge in [-0.25, -0.2) is 0 Å². The van der Waals surface area contributed by atoms with Gasteiger partial charge in [-0.05, 0) is 38.5 Å². The monoisotopic (exact) mass is 278 g/mol. The molecule has 1 heterocycles. The van der Waals surface area contributed by atoms with Crippen molar-refractivity contribution in [1.29, 1.82) is 0 Å². The molecule has 1 aromatic heterocycles. The second-order valence-electron chi connectivity index (χ2n) is 5.45. The lowest BCUT2D eigenvalue weighted by Crippen LogP contribution is -2.05. The van der Waals surface area contributed by atoms with E-state index < -0.39 is 0 Å². The number of rotatable bonds is 2. The van der Waals surface area contributed by atoms with E-state index in [4.69, 9.17) is 0 Å². The van der Waals surface area contributed by atoms with Gasteiger partial charge in [0, 0.05) is 11.1 Å². The first-order chi connectivity index (χ1) is 10.1. The molecular formula is C18H18N2O. The Labute approximate surface area is 123 Å². The summed E-state index contributed by atoms with van der Waals surface area (Å²) >= 11 is 0. The van der Waals surface area contributed by atoms with E-state index in [1.165, 1.54) is 5.56 Å². The molecule has 106 valence electrons. The largest absolute Gasteiger partial charge is 0.268 e. The Bertz CT molecular complexity index is 838. The Morgan fingerprint density at radius 2 is 1.62 bits per heavy atom. The van der Waals surface area contributed by atoms with Crippen molar-refractivity contribution in [3.8, 4) is 16.9 Å². The Kier molecular flexibility index (Phi) is 3.26. The van der Waals surface area contributed by atoms with Crippen molar-refractivity contribution < 1.29 is 0 Å². The number of hydrogen-bond acceptors (Lipinski definition) is 1. The molecule has 0 unspecified atom stereocenters. The van der Waals surface area contributed by atoms with Crippen molar-refractivity contribution in [3.05, 3.63) is 75.6 Å². The van der Waals surface area contributed by atoms with Gasteiger partial charge in [-0.15, -0.1) is 0 Å². The van der Waals surface area contributed by atoms with Gasteiger partial charge >= 0.3 is 0 Å². The summed E-state index contributed by atoms with van der Waals surface area (Å²) in [7, 11) is 0. The molecule has 0 aliphatic carbocycles. The summed E-state index contributed by atoms with van der Waals surface area (Å²) in [5.41, 5.74) is 5.98. The number of H-pyrrole nitrogens is 1. The second-order valence-corrected chi connectivity index (χ2v) is 5.45. The van der Waals surface area contributed by atoms with Crippen LogP contribution in [0.2, 0.25) is 0 Å². The predicted molar refractivity (Wildman–Crippen MR) is 86.0 cm³/mol. The number of hydrogen-bond donors (Lipinski definition) is 1. The highest BCUT2D eigenvalue weighted by molar-refractivity contribution is 5.65. The molecule has 0 fully saturated rings. The van der Waals surface area contributed by atoms with Crippen molar-refractivity contribution in [2.75, 3.05) is 0 Å². The van der Waals surface area contributed by atoms with Gasteiger partial charge < -0.3 is 0 Å². The molecular weight excluding hydrogens is 260 g/mol. The van der Waals surface area contributed by atoms with Crippen LogP contribution >= 0.6 is 0 Å². The van der Waals surface area contributed by atoms with Crippen LogP contribution in [0, 0.1) is 20.8 Å². The summed E-state index contributed by atoms with van der Waals surface area (Å²) in [6.45, 7) is 5.96. The van der Waals surface area contributed by atoms with Crippen LogP contribution < -0.4 is 5.56 Å². The Hall–Kier alpha value is -2.55. The molecule has 3 aromatic rings. The second kappa shape index (κ2) is 5.09. The summed E-state index contributed by atoms with van der Waals surface area (Å²) in [5, 5.41) is 2.93. The zero-order valence-electron chi connectivity index (χ0n) is 12.5. The number of nitrogens with zero attached hydrogens (tertiary/aromatic N) is 1. The normalized spacial score (nSPS) is 10.8. The van der Waals surface area contributed by atoms with E-state index in [2.05, 4.69) is 42.4 Å². The summed E-state index contributed by atoms with van der Waals surface area (Å²) in [4.78, 5) is 12.1. The van der Waals surface area contributed by atoms with E-state index in [0.717, 1.165) is 28.1 Å². The number of aromatic amines is 1. The van der Waals surface area contributed by atoms with Gasteiger partial charge in [0.25, 0.3) is 5.56 Å². The Morgan fingerprint density at radius 1 is 0.905 bits per heavy atom. The fourth-order valence-electron chi connectivity index (χ4n) is 2.53. The third-order valence-corrected chi connectivity index (χ3v) is 3.72. The SMILES string of the molecule is Cc1ccc(-c2c(C)c(=O)[nH]n2-c2cccc(C)c2)cc1. The third kappa shape index (κ3) is 2.42. The zero-order valence-corrected chi connectivity index (χ0v) is 12.5. The van der Waals surface area contributed by atoms with Crippen LogP contribution in [0.1, 0.15) is 16.7 Å². The highest BCUT2D eigenvalue weighted by Crippen LogP contribution is 2.24. The van der Waals surface area contributed by atoms with E-state index >= 15 is 0 Å². The molecule has 3 nitrogen and oxygen atoms in total. The van der Waals surface area contributed by atoms with Crippen LogP contribution in [-0.2, 0) is 0 Å².